The van der Waals surface area contributed by atoms with E-state index in [0.717, 1.165) is 11.3 Å². The van der Waals surface area contributed by atoms with Gasteiger partial charge in [0.15, 0.2) is 4.34 Å². The Hall–Kier alpha value is -0.590. The minimum Gasteiger partial charge on any atom is -0.477 e. The molecule has 0 fully saturated rings. The molecule has 0 spiro atoms. The van der Waals surface area contributed by atoms with Gasteiger partial charge < -0.3 is 10.2 Å². The fraction of sp³-hybridized carbons (Fsp3) is 0.556. The number of hydrogen-bond acceptors (Lipinski definition) is 5. The van der Waals surface area contributed by atoms with E-state index in [-0.39, 0.29) is 11.0 Å². The lowest BCUT2D eigenvalue weighted by molar-refractivity contribution is 0.0701. The van der Waals surface area contributed by atoms with Crippen molar-refractivity contribution in [3.05, 3.63) is 10.6 Å². The molecule has 0 aliphatic rings. The molecule has 0 saturated heterocycles. The zero-order chi connectivity index (χ0) is 11.4. The average molecular weight is 247 g/mol. The third-order valence-corrected chi connectivity index (χ3v) is 4.27. The molecule has 0 bridgehead atoms. The first-order valence-electron chi connectivity index (χ1n) is 4.56. The predicted octanol–water partition coefficient (Wildman–Crippen LogP) is 2.01. The van der Waals surface area contributed by atoms with Crippen LogP contribution in [0.25, 0.3) is 0 Å². The fourth-order valence-corrected chi connectivity index (χ4v) is 3.02. The number of carboxylic acid groups (broad SMARTS) is 1. The quantitative estimate of drug-likeness (QED) is 0.779. The van der Waals surface area contributed by atoms with Crippen molar-refractivity contribution in [3.63, 3.8) is 0 Å². The first kappa shape index (κ1) is 12.5. The highest BCUT2D eigenvalue weighted by Crippen LogP contribution is 2.27. The first-order valence-corrected chi connectivity index (χ1v) is 6.36. The van der Waals surface area contributed by atoms with Crippen molar-refractivity contribution in [3.8, 4) is 0 Å². The van der Waals surface area contributed by atoms with E-state index >= 15 is 0 Å². The van der Waals surface area contributed by atoms with Crippen molar-refractivity contribution in [2.45, 2.75) is 30.7 Å². The van der Waals surface area contributed by atoms with Crippen LogP contribution in [0.4, 0.5) is 0 Å². The van der Waals surface area contributed by atoms with Crippen molar-refractivity contribution in [1.82, 2.24) is 4.98 Å². The van der Waals surface area contributed by atoms with Gasteiger partial charge in [-0.15, -0.1) is 11.3 Å². The van der Waals surface area contributed by atoms with Gasteiger partial charge in [-0.1, -0.05) is 18.7 Å². The summed E-state index contributed by atoms with van der Waals surface area (Å²) in [5.74, 6) is -0.379. The number of aryl methyl sites for hydroxylation is 1. The summed E-state index contributed by atoms with van der Waals surface area (Å²) in [5.41, 5.74) is 0.543. The van der Waals surface area contributed by atoms with Crippen LogP contribution >= 0.6 is 23.1 Å². The van der Waals surface area contributed by atoms with Crippen molar-refractivity contribution in [2.75, 3.05) is 5.75 Å². The van der Waals surface area contributed by atoms with E-state index in [1.807, 2.05) is 6.92 Å². The summed E-state index contributed by atoms with van der Waals surface area (Å²) < 4.78 is 0.706. The Morgan fingerprint density at radius 2 is 2.33 bits per heavy atom. The van der Waals surface area contributed by atoms with Gasteiger partial charge in [0.05, 0.1) is 11.8 Å². The maximum atomic E-state index is 10.7. The molecule has 2 N–H and O–H groups in total. The number of rotatable bonds is 5. The van der Waals surface area contributed by atoms with Gasteiger partial charge >= 0.3 is 5.97 Å². The van der Waals surface area contributed by atoms with E-state index in [1.165, 1.54) is 11.8 Å². The van der Waals surface area contributed by atoms with E-state index in [9.17, 15) is 9.90 Å². The second-order valence-electron chi connectivity index (χ2n) is 3.07. The van der Waals surface area contributed by atoms with Crippen molar-refractivity contribution >= 4 is 29.1 Å². The van der Waals surface area contributed by atoms with Crippen LogP contribution in [0.5, 0.6) is 0 Å². The molecule has 0 amide bonds. The predicted molar refractivity (Wildman–Crippen MR) is 60.8 cm³/mol. The second kappa shape index (κ2) is 5.48. The minimum absolute atomic E-state index is 0.281. The summed E-state index contributed by atoms with van der Waals surface area (Å²) in [6.45, 7) is 3.58. The highest BCUT2D eigenvalue weighted by molar-refractivity contribution is 8.01. The molecule has 1 heterocycles. The topological polar surface area (TPSA) is 70.4 Å². The summed E-state index contributed by atoms with van der Waals surface area (Å²) in [7, 11) is 0. The van der Waals surface area contributed by atoms with E-state index in [2.05, 4.69) is 4.98 Å². The molecular formula is C9H13NO3S2. The fourth-order valence-electron chi connectivity index (χ4n) is 0.917. The number of aliphatic hydroxyl groups is 1. The number of carbonyl (C=O) groups is 1. The van der Waals surface area contributed by atoms with Gasteiger partial charge in [-0.3, -0.25) is 0 Å². The van der Waals surface area contributed by atoms with Gasteiger partial charge in [0.2, 0.25) is 0 Å². The molecule has 1 rings (SSSR count). The average Bonchev–Trinajstić information content (AvgIpc) is 2.56. The monoisotopic (exact) mass is 247 g/mol. The number of hydrogen-bond donors (Lipinski definition) is 2. The normalized spacial score (nSPS) is 12.7. The van der Waals surface area contributed by atoms with Gasteiger partial charge in [0.1, 0.15) is 4.88 Å². The Morgan fingerprint density at radius 3 is 2.80 bits per heavy atom. The molecule has 1 aromatic heterocycles. The summed E-state index contributed by atoms with van der Waals surface area (Å²) in [6, 6.07) is 0. The van der Waals surface area contributed by atoms with Gasteiger partial charge in [0.25, 0.3) is 0 Å². The van der Waals surface area contributed by atoms with E-state index in [0.29, 0.717) is 22.2 Å². The standard InChI is InChI=1S/C9H13NO3S2/c1-3-6(11)4-14-9-10-5(2)7(15-9)8(12)13/h6,11H,3-4H2,1-2H3,(H,12,13). The van der Waals surface area contributed by atoms with Crippen LogP contribution in [0.2, 0.25) is 0 Å². The summed E-state index contributed by atoms with van der Waals surface area (Å²) in [5, 5.41) is 18.2. The largest absolute Gasteiger partial charge is 0.477 e. The Bertz CT molecular complexity index is 351. The molecule has 6 heteroatoms. The van der Waals surface area contributed by atoms with Crippen molar-refractivity contribution in [1.29, 1.82) is 0 Å². The Kier molecular flexibility index (Phi) is 4.56. The number of thiazole rings is 1. The molecule has 0 radical (unpaired) electrons. The third kappa shape index (κ3) is 3.48. The Morgan fingerprint density at radius 1 is 1.67 bits per heavy atom. The van der Waals surface area contributed by atoms with Crippen LogP contribution in [0.3, 0.4) is 0 Å². The summed E-state index contributed by atoms with van der Waals surface area (Å²) in [6.07, 6.45) is 0.343. The van der Waals surface area contributed by atoms with Gasteiger partial charge in [0, 0.05) is 5.75 Å². The van der Waals surface area contributed by atoms with Gasteiger partial charge in [-0.2, -0.15) is 0 Å². The molecule has 0 aliphatic carbocycles. The van der Waals surface area contributed by atoms with Crippen molar-refractivity contribution < 1.29 is 15.0 Å². The lowest BCUT2D eigenvalue weighted by Crippen LogP contribution is -2.06. The minimum atomic E-state index is -0.937. The highest BCUT2D eigenvalue weighted by Gasteiger charge is 2.14. The van der Waals surface area contributed by atoms with E-state index in [1.54, 1.807) is 6.92 Å². The van der Waals surface area contributed by atoms with Crippen LogP contribution < -0.4 is 0 Å². The molecule has 1 atom stereocenters. The number of carboxylic acids is 1. The lowest BCUT2D eigenvalue weighted by atomic mass is 10.3. The first-order chi connectivity index (χ1) is 7.04. The maximum absolute atomic E-state index is 10.7. The van der Waals surface area contributed by atoms with Crippen LogP contribution in [-0.4, -0.2) is 33.0 Å². The smallest absolute Gasteiger partial charge is 0.347 e. The zero-order valence-corrected chi connectivity index (χ0v) is 10.2. The van der Waals surface area contributed by atoms with Crippen LogP contribution in [0.15, 0.2) is 4.34 Å². The molecule has 0 saturated carbocycles. The number of aliphatic hydroxyl groups excluding tert-OH is 1. The molecule has 84 valence electrons. The molecule has 15 heavy (non-hydrogen) atoms. The molecule has 0 aromatic carbocycles. The van der Waals surface area contributed by atoms with Crippen molar-refractivity contribution in [2.24, 2.45) is 0 Å². The third-order valence-electron chi connectivity index (χ3n) is 1.84. The SMILES string of the molecule is CCC(O)CSc1nc(C)c(C(=O)O)s1. The van der Waals surface area contributed by atoms with E-state index < -0.39 is 5.97 Å². The summed E-state index contributed by atoms with van der Waals surface area (Å²) >= 11 is 2.56. The van der Waals surface area contributed by atoms with Gasteiger partial charge in [-0.25, -0.2) is 9.78 Å². The van der Waals surface area contributed by atoms with Crippen LogP contribution in [0.1, 0.15) is 28.7 Å². The zero-order valence-electron chi connectivity index (χ0n) is 8.56. The van der Waals surface area contributed by atoms with Crippen LogP contribution in [-0.2, 0) is 0 Å². The molecule has 1 aromatic rings. The Labute approximate surface area is 96.4 Å². The number of nitrogens with zero attached hydrogens (tertiary/aromatic N) is 1. The molecular weight excluding hydrogens is 234 g/mol. The maximum Gasteiger partial charge on any atom is 0.347 e. The lowest BCUT2D eigenvalue weighted by Gasteiger charge is -2.03. The molecule has 1 unspecified atom stereocenters. The second-order valence-corrected chi connectivity index (χ2v) is 5.34. The summed E-state index contributed by atoms with van der Waals surface area (Å²) in [4.78, 5) is 15.1. The molecule has 4 nitrogen and oxygen atoms in total. The Balaban J connectivity index is 2.63. The highest BCUT2D eigenvalue weighted by atomic mass is 32.2. The number of thioether (sulfide) groups is 1. The van der Waals surface area contributed by atoms with Crippen LogP contribution in [0, 0.1) is 6.92 Å². The number of aromatic nitrogens is 1. The molecule has 0 aliphatic heterocycles. The van der Waals surface area contributed by atoms with E-state index in [4.69, 9.17) is 5.11 Å². The number of aromatic carboxylic acids is 1. The van der Waals surface area contributed by atoms with Gasteiger partial charge in [-0.05, 0) is 13.3 Å².